The lowest BCUT2D eigenvalue weighted by molar-refractivity contribution is 0.586. The Morgan fingerprint density at radius 2 is 1.89 bits per heavy atom. The van der Waals surface area contributed by atoms with Crippen molar-refractivity contribution in [3.63, 3.8) is 0 Å². The van der Waals surface area contributed by atoms with Gasteiger partial charge in [-0.1, -0.05) is 18.2 Å². The van der Waals surface area contributed by atoms with Gasteiger partial charge in [0, 0.05) is 25.7 Å². The lowest BCUT2D eigenvalue weighted by atomic mass is 10.1. The van der Waals surface area contributed by atoms with Gasteiger partial charge in [-0.15, -0.1) is 0 Å². The molecule has 3 aromatic rings. The molecule has 0 fully saturated rings. The number of nitrogens with one attached hydrogen (secondary N) is 1. The van der Waals surface area contributed by atoms with Crippen LogP contribution in [0.15, 0.2) is 36.5 Å². The fraction of sp³-hybridized carbons (Fsp3) is 0.286. The van der Waals surface area contributed by atoms with E-state index < -0.39 is 0 Å². The van der Waals surface area contributed by atoms with Crippen LogP contribution in [0, 0.1) is 0 Å². The summed E-state index contributed by atoms with van der Waals surface area (Å²) >= 11 is 0. The number of hydrogen-bond donors (Lipinski definition) is 1. The van der Waals surface area contributed by atoms with Gasteiger partial charge in [0.15, 0.2) is 0 Å². The average Bonchev–Trinajstić information content (AvgIpc) is 2.98. The van der Waals surface area contributed by atoms with Gasteiger partial charge in [0.1, 0.15) is 0 Å². The van der Waals surface area contributed by atoms with Crippen molar-refractivity contribution in [2.24, 2.45) is 14.1 Å². The number of nitrogens with zero attached hydrogens (tertiary/aromatic N) is 4. The Morgan fingerprint density at radius 1 is 1.11 bits per heavy atom. The zero-order chi connectivity index (χ0) is 13.4. The van der Waals surface area contributed by atoms with E-state index in [9.17, 15) is 0 Å². The summed E-state index contributed by atoms with van der Waals surface area (Å²) < 4.78 is 3.80. The maximum atomic E-state index is 4.67. The molecule has 5 nitrogen and oxygen atoms in total. The third-order valence-corrected chi connectivity index (χ3v) is 3.50. The molecule has 1 aromatic carbocycles. The number of aromatic nitrogens is 4. The number of rotatable bonds is 3. The van der Waals surface area contributed by atoms with Crippen LogP contribution in [0.5, 0.6) is 0 Å². The molecule has 0 bridgehead atoms. The van der Waals surface area contributed by atoms with E-state index in [1.54, 1.807) is 0 Å². The van der Waals surface area contributed by atoms with Crippen LogP contribution in [0.25, 0.3) is 10.9 Å². The van der Waals surface area contributed by atoms with Crippen molar-refractivity contribution in [3.05, 3.63) is 47.9 Å². The van der Waals surface area contributed by atoms with Crippen LogP contribution in [0.4, 0.5) is 0 Å². The maximum Gasteiger partial charge on any atom is 0.0944 e. The Bertz CT molecular complexity index is 710. The highest BCUT2D eigenvalue weighted by molar-refractivity contribution is 5.82. The van der Waals surface area contributed by atoms with Crippen molar-refractivity contribution in [1.29, 1.82) is 0 Å². The lowest BCUT2D eigenvalue weighted by Crippen LogP contribution is -2.21. The highest BCUT2D eigenvalue weighted by Crippen LogP contribution is 2.27. The standard InChI is InChI=1S/C14H17N5/c1-15-14(12-8-9-16-18(12)2)13-10-6-4-5-7-11(10)19(3)17-13/h4-9,14-15H,1-3H3. The predicted molar refractivity (Wildman–Crippen MR) is 74.8 cm³/mol. The zero-order valence-electron chi connectivity index (χ0n) is 11.3. The molecule has 5 heteroatoms. The van der Waals surface area contributed by atoms with E-state index in [-0.39, 0.29) is 6.04 Å². The Hall–Kier alpha value is -2.14. The smallest absolute Gasteiger partial charge is 0.0944 e. The fourth-order valence-electron chi connectivity index (χ4n) is 2.55. The van der Waals surface area contributed by atoms with E-state index in [1.165, 1.54) is 5.39 Å². The second-order valence-corrected chi connectivity index (χ2v) is 4.63. The van der Waals surface area contributed by atoms with Crippen molar-refractivity contribution >= 4 is 10.9 Å². The van der Waals surface area contributed by atoms with E-state index in [2.05, 4.69) is 27.6 Å². The molecule has 2 heterocycles. The zero-order valence-corrected chi connectivity index (χ0v) is 11.3. The van der Waals surface area contributed by atoms with Crippen molar-refractivity contribution < 1.29 is 0 Å². The minimum atomic E-state index is 0.0404. The molecular formula is C14H17N5. The summed E-state index contributed by atoms with van der Waals surface area (Å²) in [4.78, 5) is 0. The van der Waals surface area contributed by atoms with Crippen LogP contribution < -0.4 is 5.32 Å². The largest absolute Gasteiger partial charge is 0.307 e. The highest BCUT2D eigenvalue weighted by atomic mass is 15.3. The van der Waals surface area contributed by atoms with Gasteiger partial charge in [-0.2, -0.15) is 10.2 Å². The first kappa shape index (κ1) is 11.9. The Balaban J connectivity index is 2.20. The van der Waals surface area contributed by atoms with E-state index in [0.717, 1.165) is 16.9 Å². The quantitative estimate of drug-likeness (QED) is 0.773. The first-order valence-electron chi connectivity index (χ1n) is 6.29. The third kappa shape index (κ3) is 1.82. The Labute approximate surface area is 111 Å². The molecule has 1 unspecified atom stereocenters. The van der Waals surface area contributed by atoms with Gasteiger partial charge in [0.2, 0.25) is 0 Å². The molecule has 0 amide bonds. The predicted octanol–water partition coefficient (Wildman–Crippen LogP) is 1.62. The van der Waals surface area contributed by atoms with Gasteiger partial charge in [-0.3, -0.25) is 9.36 Å². The summed E-state index contributed by atoms with van der Waals surface area (Å²) in [7, 11) is 5.87. The molecule has 0 saturated carbocycles. The van der Waals surface area contributed by atoms with Gasteiger partial charge in [0.05, 0.1) is 22.9 Å². The van der Waals surface area contributed by atoms with Gasteiger partial charge in [-0.25, -0.2) is 0 Å². The lowest BCUT2D eigenvalue weighted by Gasteiger charge is -2.14. The molecule has 2 aromatic heterocycles. The number of benzene rings is 1. The second-order valence-electron chi connectivity index (χ2n) is 4.63. The maximum absolute atomic E-state index is 4.67. The van der Waals surface area contributed by atoms with Crippen molar-refractivity contribution in [3.8, 4) is 0 Å². The van der Waals surface area contributed by atoms with E-state index in [1.807, 2.05) is 54.9 Å². The van der Waals surface area contributed by atoms with Crippen LogP contribution in [-0.4, -0.2) is 26.6 Å². The van der Waals surface area contributed by atoms with Crippen LogP contribution in [0.3, 0.4) is 0 Å². The van der Waals surface area contributed by atoms with E-state index in [0.29, 0.717) is 0 Å². The van der Waals surface area contributed by atoms with Crippen molar-refractivity contribution in [2.45, 2.75) is 6.04 Å². The minimum absolute atomic E-state index is 0.0404. The monoisotopic (exact) mass is 255 g/mol. The molecule has 3 rings (SSSR count). The summed E-state index contributed by atoms with van der Waals surface area (Å²) in [5.41, 5.74) is 3.27. The van der Waals surface area contributed by atoms with Gasteiger partial charge < -0.3 is 5.32 Å². The van der Waals surface area contributed by atoms with Gasteiger partial charge >= 0.3 is 0 Å². The highest BCUT2D eigenvalue weighted by Gasteiger charge is 2.21. The molecule has 1 atom stereocenters. The van der Waals surface area contributed by atoms with Crippen LogP contribution in [-0.2, 0) is 14.1 Å². The molecule has 0 radical (unpaired) electrons. The van der Waals surface area contributed by atoms with E-state index >= 15 is 0 Å². The van der Waals surface area contributed by atoms with Crippen LogP contribution >= 0.6 is 0 Å². The van der Waals surface area contributed by atoms with Crippen molar-refractivity contribution in [1.82, 2.24) is 24.9 Å². The summed E-state index contributed by atoms with van der Waals surface area (Å²) in [5.74, 6) is 0. The SMILES string of the molecule is CNC(c1nn(C)c2ccccc12)c1ccnn1C. The van der Waals surface area contributed by atoms with Crippen LogP contribution in [0.1, 0.15) is 17.4 Å². The summed E-state index contributed by atoms with van der Waals surface area (Å²) in [5, 5.41) is 13.4. The summed E-state index contributed by atoms with van der Waals surface area (Å²) in [6.45, 7) is 0. The first-order valence-corrected chi connectivity index (χ1v) is 6.29. The molecule has 0 saturated heterocycles. The topological polar surface area (TPSA) is 47.7 Å². The van der Waals surface area contributed by atoms with E-state index in [4.69, 9.17) is 0 Å². The first-order chi connectivity index (χ1) is 9.22. The van der Waals surface area contributed by atoms with Crippen molar-refractivity contribution in [2.75, 3.05) is 7.05 Å². The Kier molecular flexibility index (Phi) is 2.83. The fourth-order valence-corrected chi connectivity index (χ4v) is 2.55. The number of hydrogen-bond acceptors (Lipinski definition) is 3. The number of fused-ring (bicyclic) bond motifs is 1. The third-order valence-electron chi connectivity index (χ3n) is 3.50. The molecule has 0 aliphatic heterocycles. The molecule has 0 aliphatic rings. The molecular weight excluding hydrogens is 238 g/mol. The van der Waals surface area contributed by atoms with Gasteiger partial charge in [-0.05, 0) is 19.2 Å². The molecule has 0 spiro atoms. The van der Waals surface area contributed by atoms with Gasteiger partial charge in [0.25, 0.3) is 0 Å². The molecule has 0 aliphatic carbocycles. The molecule has 98 valence electrons. The number of aryl methyl sites for hydroxylation is 2. The Morgan fingerprint density at radius 3 is 2.58 bits per heavy atom. The minimum Gasteiger partial charge on any atom is -0.307 e. The van der Waals surface area contributed by atoms with Crippen LogP contribution in [0.2, 0.25) is 0 Å². The normalized spacial score (nSPS) is 13.0. The molecule has 1 N–H and O–H groups in total. The summed E-state index contributed by atoms with van der Waals surface area (Å²) in [6.07, 6.45) is 1.81. The summed E-state index contributed by atoms with van der Waals surface area (Å²) in [6, 6.07) is 10.3. The molecule has 19 heavy (non-hydrogen) atoms. The number of para-hydroxylation sites is 1. The second kappa shape index (κ2) is 4.51. The average molecular weight is 255 g/mol.